The van der Waals surface area contributed by atoms with E-state index in [1.165, 1.54) is 4.90 Å². The predicted octanol–water partition coefficient (Wildman–Crippen LogP) is 3.42. The highest BCUT2D eigenvalue weighted by Crippen LogP contribution is 2.46. The number of carbonyl (C=O) groups excluding carboxylic acids is 2. The molecule has 0 aromatic heterocycles. The normalized spacial score (nSPS) is 23.0. The number of carbonyl (C=O) groups is 2. The number of rotatable bonds is 7. The monoisotopic (exact) mass is 414 g/mol. The Labute approximate surface area is 179 Å². The fourth-order valence-electron chi connectivity index (χ4n) is 5.41. The molecule has 0 radical (unpaired) electrons. The van der Waals surface area contributed by atoms with Crippen molar-refractivity contribution >= 4 is 11.8 Å². The number of hydrogen-bond donors (Lipinski definition) is 0. The summed E-state index contributed by atoms with van der Waals surface area (Å²) in [5.41, 5.74) is 1.12. The van der Waals surface area contributed by atoms with Gasteiger partial charge < -0.3 is 9.47 Å². The van der Waals surface area contributed by atoms with E-state index in [-0.39, 0.29) is 17.2 Å². The zero-order valence-corrected chi connectivity index (χ0v) is 18.3. The van der Waals surface area contributed by atoms with E-state index in [0.29, 0.717) is 32.0 Å². The Bertz CT molecular complexity index is 753. The summed E-state index contributed by atoms with van der Waals surface area (Å²) in [4.78, 5) is 29.0. The maximum atomic E-state index is 12.6. The third kappa shape index (κ3) is 4.34. The van der Waals surface area contributed by atoms with Gasteiger partial charge >= 0.3 is 0 Å². The molecule has 164 valence electrons. The van der Waals surface area contributed by atoms with Gasteiger partial charge in [-0.1, -0.05) is 18.9 Å². The first-order valence-corrected chi connectivity index (χ1v) is 11.3. The van der Waals surface area contributed by atoms with Gasteiger partial charge in [0.2, 0.25) is 11.8 Å². The molecule has 4 rings (SSSR count). The quantitative estimate of drug-likeness (QED) is 0.505. The minimum atomic E-state index is -0.0107. The lowest BCUT2D eigenvalue weighted by atomic mass is 9.76. The molecule has 1 aliphatic carbocycles. The summed E-state index contributed by atoms with van der Waals surface area (Å²) < 4.78 is 11.4. The number of fused-ring (bicyclic) bond motifs is 1. The lowest BCUT2D eigenvalue weighted by molar-refractivity contribution is -0.153. The predicted molar refractivity (Wildman–Crippen MR) is 115 cm³/mol. The van der Waals surface area contributed by atoms with Crippen molar-refractivity contribution < 1.29 is 19.1 Å². The Morgan fingerprint density at radius 1 is 1.17 bits per heavy atom. The largest absolute Gasteiger partial charge is 0.496 e. The highest BCUT2D eigenvalue weighted by molar-refractivity contribution is 5.98. The van der Waals surface area contributed by atoms with Crippen LogP contribution in [0, 0.1) is 5.41 Å². The lowest BCUT2D eigenvalue weighted by Gasteiger charge is -2.37. The van der Waals surface area contributed by atoms with E-state index < -0.39 is 0 Å². The number of likely N-dealkylation sites (tertiary alicyclic amines) is 1. The standard InChI is InChI=1S/C24H34N2O4/c1-25(18-14-19-20(29-2)8-7-9-21(19)30-17-18)12-5-6-13-26-22(27)15-24(16-23(26)28)10-3-4-11-24/h7-9,18H,3-6,10-17H2,1-2H3. The van der Waals surface area contributed by atoms with Crippen LogP contribution in [0.4, 0.5) is 0 Å². The molecular formula is C24H34N2O4. The summed E-state index contributed by atoms with van der Waals surface area (Å²) in [6, 6.07) is 6.23. The van der Waals surface area contributed by atoms with Gasteiger partial charge in [-0.25, -0.2) is 0 Å². The molecule has 30 heavy (non-hydrogen) atoms. The number of unbranched alkanes of at least 4 members (excludes halogenated alkanes) is 1. The van der Waals surface area contributed by atoms with Gasteiger partial charge in [-0.05, 0) is 63.2 Å². The maximum Gasteiger partial charge on any atom is 0.229 e. The fraction of sp³-hybridized carbons (Fsp3) is 0.667. The minimum Gasteiger partial charge on any atom is -0.496 e. The van der Waals surface area contributed by atoms with Crippen LogP contribution in [-0.4, -0.2) is 61.5 Å². The summed E-state index contributed by atoms with van der Waals surface area (Å²) in [5.74, 6) is 1.89. The van der Waals surface area contributed by atoms with Crippen LogP contribution in [0.2, 0.25) is 0 Å². The van der Waals surface area contributed by atoms with Gasteiger partial charge in [-0.15, -0.1) is 0 Å². The average molecular weight is 415 g/mol. The van der Waals surface area contributed by atoms with Gasteiger partial charge in [0.05, 0.1) is 7.11 Å². The van der Waals surface area contributed by atoms with Gasteiger partial charge in [0.25, 0.3) is 0 Å². The number of imide groups is 1. The molecule has 1 atom stereocenters. The van der Waals surface area contributed by atoms with Gasteiger partial charge in [0.15, 0.2) is 0 Å². The van der Waals surface area contributed by atoms with Crippen LogP contribution >= 0.6 is 0 Å². The Balaban J connectivity index is 1.23. The number of amides is 2. The number of likely N-dealkylation sites (N-methyl/N-ethyl adjacent to an activating group) is 1. The van der Waals surface area contributed by atoms with E-state index in [9.17, 15) is 9.59 Å². The molecule has 2 aliphatic heterocycles. The molecule has 0 N–H and O–H groups in total. The summed E-state index contributed by atoms with van der Waals surface area (Å²) >= 11 is 0. The molecule has 2 amide bonds. The van der Waals surface area contributed by atoms with Crippen LogP contribution in [0.1, 0.15) is 56.9 Å². The van der Waals surface area contributed by atoms with Crippen molar-refractivity contribution in [3.8, 4) is 11.5 Å². The molecule has 6 heteroatoms. The Kier molecular flexibility index (Phi) is 6.32. The average Bonchev–Trinajstić information content (AvgIpc) is 3.18. The first-order valence-electron chi connectivity index (χ1n) is 11.3. The first-order chi connectivity index (χ1) is 14.5. The van der Waals surface area contributed by atoms with Crippen molar-refractivity contribution in [2.45, 2.75) is 63.8 Å². The van der Waals surface area contributed by atoms with Crippen molar-refractivity contribution in [3.05, 3.63) is 23.8 Å². The Hall–Kier alpha value is -2.08. The third-order valence-corrected chi connectivity index (χ3v) is 7.27. The molecule has 1 saturated carbocycles. The van der Waals surface area contributed by atoms with Crippen LogP contribution in [0.25, 0.3) is 0 Å². The Morgan fingerprint density at radius 3 is 2.60 bits per heavy atom. The molecule has 2 fully saturated rings. The van der Waals surface area contributed by atoms with Crippen molar-refractivity contribution in [2.24, 2.45) is 5.41 Å². The van der Waals surface area contributed by atoms with E-state index in [1.54, 1.807) is 7.11 Å². The molecule has 2 heterocycles. The molecule has 3 aliphatic rings. The summed E-state index contributed by atoms with van der Waals surface area (Å²) in [7, 11) is 3.82. The number of ether oxygens (including phenoxy) is 2. The molecule has 1 aromatic carbocycles. The van der Waals surface area contributed by atoms with Crippen molar-refractivity contribution in [1.29, 1.82) is 0 Å². The van der Waals surface area contributed by atoms with E-state index in [2.05, 4.69) is 11.9 Å². The SMILES string of the molecule is COc1cccc2c1CC(N(C)CCCCN1C(=O)CC3(CCCC3)CC1=O)CO2. The van der Waals surface area contributed by atoms with E-state index >= 15 is 0 Å². The van der Waals surface area contributed by atoms with E-state index in [4.69, 9.17) is 9.47 Å². The van der Waals surface area contributed by atoms with Crippen LogP contribution < -0.4 is 9.47 Å². The molecule has 1 spiro atoms. The first kappa shape index (κ1) is 21.2. The van der Waals surface area contributed by atoms with E-state index in [1.807, 2.05) is 18.2 Å². The summed E-state index contributed by atoms with van der Waals surface area (Å²) in [5, 5.41) is 0. The minimum absolute atomic E-state index is 0.0107. The van der Waals surface area contributed by atoms with Crippen molar-refractivity contribution in [2.75, 3.05) is 33.9 Å². The second kappa shape index (κ2) is 8.96. The Morgan fingerprint density at radius 2 is 1.90 bits per heavy atom. The smallest absolute Gasteiger partial charge is 0.229 e. The third-order valence-electron chi connectivity index (χ3n) is 7.27. The topological polar surface area (TPSA) is 59.1 Å². The van der Waals surface area contributed by atoms with Crippen molar-refractivity contribution in [3.63, 3.8) is 0 Å². The van der Waals surface area contributed by atoms with Crippen LogP contribution in [0.15, 0.2) is 18.2 Å². The summed E-state index contributed by atoms with van der Waals surface area (Å²) in [6.45, 7) is 2.14. The van der Waals surface area contributed by atoms with Crippen LogP contribution in [0.5, 0.6) is 11.5 Å². The van der Waals surface area contributed by atoms with Gasteiger partial charge in [0, 0.05) is 31.0 Å². The fourth-order valence-corrected chi connectivity index (χ4v) is 5.41. The van der Waals surface area contributed by atoms with Crippen molar-refractivity contribution in [1.82, 2.24) is 9.80 Å². The zero-order chi connectivity index (χ0) is 21.1. The second-order valence-electron chi connectivity index (χ2n) is 9.29. The number of methoxy groups -OCH3 is 1. The molecule has 1 aromatic rings. The van der Waals surface area contributed by atoms with Crippen LogP contribution in [0.3, 0.4) is 0 Å². The summed E-state index contributed by atoms with van der Waals surface area (Å²) in [6.07, 6.45) is 8.25. The van der Waals surface area contributed by atoms with Gasteiger partial charge in [0.1, 0.15) is 18.1 Å². The van der Waals surface area contributed by atoms with E-state index in [0.717, 1.165) is 68.6 Å². The highest BCUT2D eigenvalue weighted by atomic mass is 16.5. The highest BCUT2D eigenvalue weighted by Gasteiger charge is 2.44. The van der Waals surface area contributed by atoms with Gasteiger partial charge in [-0.3, -0.25) is 19.4 Å². The molecule has 1 saturated heterocycles. The number of nitrogens with zero attached hydrogens (tertiary/aromatic N) is 2. The number of piperidine rings is 1. The van der Waals surface area contributed by atoms with Crippen LogP contribution in [-0.2, 0) is 16.0 Å². The number of benzene rings is 1. The molecular weight excluding hydrogens is 380 g/mol. The zero-order valence-electron chi connectivity index (χ0n) is 18.3. The number of hydrogen-bond acceptors (Lipinski definition) is 5. The lowest BCUT2D eigenvalue weighted by Crippen LogP contribution is -2.47. The molecule has 1 unspecified atom stereocenters. The molecule has 0 bridgehead atoms. The molecule has 6 nitrogen and oxygen atoms in total. The van der Waals surface area contributed by atoms with Gasteiger partial charge in [-0.2, -0.15) is 0 Å². The maximum absolute atomic E-state index is 12.6. The second-order valence-corrected chi connectivity index (χ2v) is 9.29.